The smallest absolute Gasteiger partial charge is 0.340 e. The van der Waals surface area contributed by atoms with Crippen LogP contribution >= 0.6 is 22.9 Å². The van der Waals surface area contributed by atoms with Gasteiger partial charge < -0.3 is 9.64 Å². The molecule has 2 aromatic heterocycles. The van der Waals surface area contributed by atoms with Gasteiger partial charge in [0, 0.05) is 13.1 Å². The van der Waals surface area contributed by atoms with Gasteiger partial charge >= 0.3 is 5.97 Å². The molecule has 1 fully saturated rings. The number of thiophene rings is 1. The van der Waals surface area contributed by atoms with Crippen molar-refractivity contribution in [3.8, 4) is 6.07 Å². The summed E-state index contributed by atoms with van der Waals surface area (Å²) < 4.78 is 32.1. The number of aryl methyl sites for hydroxylation is 1. The van der Waals surface area contributed by atoms with Gasteiger partial charge in [-0.15, -0.1) is 11.3 Å². The molecule has 0 spiro atoms. The Morgan fingerprint density at radius 1 is 1.42 bits per heavy atom. The molecule has 164 valence electrons. The van der Waals surface area contributed by atoms with Crippen molar-refractivity contribution in [1.29, 1.82) is 5.26 Å². The fourth-order valence-corrected chi connectivity index (χ4v) is 5.74. The first kappa shape index (κ1) is 23.0. The Morgan fingerprint density at radius 3 is 2.65 bits per heavy atom. The van der Waals surface area contributed by atoms with Crippen LogP contribution in [0.3, 0.4) is 0 Å². The normalized spacial score (nSPS) is 15.0. The molecule has 0 aromatic carbocycles. The molecule has 0 bridgehead atoms. The summed E-state index contributed by atoms with van der Waals surface area (Å²) in [6.07, 6.45) is 0. The highest BCUT2D eigenvalue weighted by molar-refractivity contribution is 7.92. The maximum atomic E-state index is 12.7. The number of ether oxygens (including phenoxy) is 1. The van der Waals surface area contributed by atoms with E-state index < -0.39 is 27.3 Å². The molecule has 1 N–H and O–H groups in total. The number of nitriles is 1. The number of nitrogens with one attached hydrogen (secondary N) is 1. The third-order valence-electron chi connectivity index (χ3n) is 4.78. The summed E-state index contributed by atoms with van der Waals surface area (Å²) in [5.74, 6) is -0.903. The van der Waals surface area contributed by atoms with Crippen molar-refractivity contribution in [3.63, 3.8) is 0 Å². The predicted octanol–water partition coefficient (Wildman–Crippen LogP) is 2.48. The first-order valence-corrected chi connectivity index (χ1v) is 11.8. The molecule has 9 nitrogen and oxygen atoms in total. The third-order valence-corrected chi connectivity index (χ3v) is 7.83. The Kier molecular flexibility index (Phi) is 6.27. The summed E-state index contributed by atoms with van der Waals surface area (Å²) in [6.45, 7) is 5.43. The van der Waals surface area contributed by atoms with Gasteiger partial charge in [-0.25, -0.2) is 22.9 Å². The molecular formula is C19H19ClN4O5S2. The largest absolute Gasteiger partial charge is 0.462 e. The molecule has 0 atom stereocenters. The molecule has 0 unspecified atom stereocenters. The van der Waals surface area contributed by atoms with Crippen LogP contribution in [0.5, 0.6) is 0 Å². The average molecular weight is 483 g/mol. The summed E-state index contributed by atoms with van der Waals surface area (Å²) >= 11 is 6.63. The van der Waals surface area contributed by atoms with Crippen LogP contribution in [0.2, 0.25) is 4.34 Å². The fraction of sp³-hybridized carbons (Fsp3) is 0.368. The lowest BCUT2D eigenvalue weighted by molar-refractivity contribution is -0.129. The first-order chi connectivity index (χ1) is 14.5. The molecule has 0 aliphatic carbocycles. The quantitative estimate of drug-likeness (QED) is 0.621. The number of pyridine rings is 1. The molecule has 1 saturated heterocycles. The van der Waals surface area contributed by atoms with Crippen LogP contribution < -0.4 is 9.62 Å². The van der Waals surface area contributed by atoms with Gasteiger partial charge in [-0.3, -0.25) is 4.79 Å². The molecule has 12 heteroatoms. The molecule has 0 radical (unpaired) electrons. The number of carbonyl (C=O) groups is 2. The third kappa shape index (κ3) is 4.51. The van der Waals surface area contributed by atoms with Gasteiger partial charge in [-0.05, 0) is 39.0 Å². The van der Waals surface area contributed by atoms with E-state index in [2.05, 4.69) is 9.71 Å². The molecule has 1 aliphatic heterocycles. The van der Waals surface area contributed by atoms with Gasteiger partial charge in [0.2, 0.25) is 5.91 Å². The van der Waals surface area contributed by atoms with Crippen molar-refractivity contribution in [1.82, 2.24) is 9.71 Å². The fourth-order valence-electron chi connectivity index (χ4n) is 3.16. The highest BCUT2D eigenvalue weighted by atomic mass is 35.5. The molecular weight excluding hydrogens is 464 g/mol. The number of halogens is 1. The second-order valence-corrected chi connectivity index (χ2v) is 10.9. The Balaban J connectivity index is 1.76. The zero-order chi connectivity index (χ0) is 23.0. The van der Waals surface area contributed by atoms with Crippen molar-refractivity contribution in [3.05, 3.63) is 39.4 Å². The Morgan fingerprint density at radius 2 is 2.10 bits per heavy atom. The number of hydrogen-bond acceptors (Lipinski definition) is 9. The lowest BCUT2D eigenvalue weighted by Crippen LogP contribution is -2.62. The van der Waals surface area contributed by atoms with E-state index in [-0.39, 0.29) is 35.0 Å². The van der Waals surface area contributed by atoms with Crippen LogP contribution in [-0.4, -0.2) is 45.0 Å². The number of rotatable bonds is 6. The average Bonchev–Trinajstić information content (AvgIpc) is 3.12. The molecule has 0 saturated carbocycles. The molecule has 1 aliphatic rings. The van der Waals surface area contributed by atoms with E-state index in [4.69, 9.17) is 16.3 Å². The van der Waals surface area contributed by atoms with Gasteiger partial charge in [0.1, 0.15) is 16.1 Å². The second-order valence-electron chi connectivity index (χ2n) is 7.23. The van der Waals surface area contributed by atoms with E-state index in [9.17, 15) is 23.3 Å². The summed E-state index contributed by atoms with van der Waals surface area (Å²) in [4.78, 5) is 30.8. The van der Waals surface area contributed by atoms with Gasteiger partial charge in [-0.2, -0.15) is 5.26 Å². The maximum absolute atomic E-state index is 12.7. The monoisotopic (exact) mass is 482 g/mol. The minimum Gasteiger partial charge on any atom is -0.462 e. The first-order valence-electron chi connectivity index (χ1n) is 9.17. The number of carbonyl (C=O) groups excluding carboxylic acids is 2. The van der Waals surface area contributed by atoms with Crippen molar-refractivity contribution in [2.24, 2.45) is 5.41 Å². The second kappa shape index (κ2) is 8.45. The number of anilines is 1. The van der Waals surface area contributed by atoms with Crippen LogP contribution in [-0.2, 0) is 19.6 Å². The molecule has 31 heavy (non-hydrogen) atoms. The summed E-state index contributed by atoms with van der Waals surface area (Å²) in [5.41, 5.74) is -0.250. The Hall–Kier alpha value is -2.68. The van der Waals surface area contributed by atoms with Crippen LogP contribution in [0.4, 0.5) is 5.82 Å². The topological polar surface area (TPSA) is 129 Å². The van der Waals surface area contributed by atoms with Crippen molar-refractivity contribution >= 4 is 50.7 Å². The zero-order valence-corrected chi connectivity index (χ0v) is 19.3. The van der Waals surface area contributed by atoms with Crippen molar-refractivity contribution in [2.45, 2.75) is 25.0 Å². The Labute approximate surface area is 188 Å². The number of aromatic nitrogens is 1. The lowest BCUT2D eigenvalue weighted by Gasteiger charge is -2.47. The highest BCUT2D eigenvalue weighted by Gasteiger charge is 2.47. The van der Waals surface area contributed by atoms with Crippen LogP contribution in [0.25, 0.3) is 0 Å². The summed E-state index contributed by atoms with van der Waals surface area (Å²) in [5, 5.41) is 9.50. The highest BCUT2D eigenvalue weighted by Crippen LogP contribution is 2.36. The molecule has 3 rings (SSSR count). The van der Waals surface area contributed by atoms with Gasteiger partial charge in [0.05, 0.1) is 33.2 Å². The number of nitrogens with zero attached hydrogens (tertiary/aromatic N) is 3. The maximum Gasteiger partial charge on any atom is 0.340 e. The van der Waals surface area contributed by atoms with E-state index in [0.717, 1.165) is 11.3 Å². The van der Waals surface area contributed by atoms with E-state index in [1.165, 1.54) is 18.2 Å². The lowest BCUT2D eigenvalue weighted by atomic mass is 9.81. The van der Waals surface area contributed by atoms with Crippen LogP contribution in [0.15, 0.2) is 22.4 Å². The van der Waals surface area contributed by atoms with E-state index in [0.29, 0.717) is 15.8 Å². The number of amides is 1. The van der Waals surface area contributed by atoms with E-state index >= 15 is 0 Å². The zero-order valence-electron chi connectivity index (χ0n) is 16.9. The minimum absolute atomic E-state index is 0.0516. The van der Waals surface area contributed by atoms with Crippen LogP contribution in [0.1, 0.15) is 35.5 Å². The molecule has 2 aromatic rings. The predicted molar refractivity (Wildman–Crippen MR) is 115 cm³/mol. The van der Waals surface area contributed by atoms with E-state index in [1.54, 1.807) is 25.7 Å². The van der Waals surface area contributed by atoms with Gasteiger partial charge in [0.25, 0.3) is 10.0 Å². The number of sulfonamides is 1. The Bertz CT molecular complexity index is 1200. The van der Waals surface area contributed by atoms with Crippen molar-refractivity contribution < 1.29 is 22.7 Å². The summed E-state index contributed by atoms with van der Waals surface area (Å²) in [7, 11) is -4.02. The molecule has 3 heterocycles. The molecule has 1 amide bonds. The van der Waals surface area contributed by atoms with Gasteiger partial charge in [-0.1, -0.05) is 11.6 Å². The number of hydrogen-bond donors (Lipinski definition) is 1. The summed E-state index contributed by atoms with van der Waals surface area (Å²) in [6, 6.07) is 6.19. The number of esters is 1. The SMILES string of the molecule is CCOC(=O)c1cc(C#N)c(N2CC(C)(C(=O)NS(=O)(=O)c3ccc(Cl)s3)C2)nc1C. The van der Waals surface area contributed by atoms with Crippen LogP contribution in [0, 0.1) is 23.7 Å². The van der Waals surface area contributed by atoms with Gasteiger partial charge in [0.15, 0.2) is 0 Å². The van der Waals surface area contributed by atoms with Crippen molar-refractivity contribution in [2.75, 3.05) is 24.6 Å². The minimum atomic E-state index is -4.02. The van der Waals surface area contributed by atoms with E-state index in [1.807, 2.05) is 6.07 Å². The standard InChI is InChI=1S/C19H19ClN4O5S2/c1-4-29-17(25)13-7-12(8-21)16(22-11(13)2)24-9-19(3,10-24)18(26)23-31(27,28)15-6-5-14(20)30-15/h5-7H,4,9-10H2,1-3H3,(H,23,26).